The van der Waals surface area contributed by atoms with Gasteiger partial charge in [-0.2, -0.15) is 0 Å². The molecule has 1 rings (SSSR count). The van der Waals surface area contributed by atoms with Gasteiger partial charge in [0.15, 0.2) is 0 Å². The molecule has 1 unspecified atom stereocenters. The summed E-state index contributed by atoms with van der Waals surface area (Å²) in [6, 6.07) is 0. The molecule has 0 bridgehead atoms. The maximum atomic E-state index is 3.50. The summed E-state index contributed by atoms with van der Waals surface area (Å²) in [5.74, 6) is 1.02. The molecular formula is C11H21Br. The average molecular weight is 233 g/mol. The van der Waals surface area contributed by atoms with Crippen molar-refractivity contribution in [3.05, 3.63) is 0 Å². The zero-order valence-electron chi connectivity index (χ0n) is 8.41. The molecule has 0 aromatic heterocycles. The van der Waals surface area contributed by atoms with E-state index in [9.17, 15) is 0 Å². The summed E-state index contributed by atoms with van der Waals surface area (Å²) in [6.45, 7) is 4.85. The maximum Gasteiger partial charge on any atom is 0.00314 e. The fraction of sp³-hybridized carbons (Fsp3) is 1.00. The summed E-state index contributed by atoms with van der Waals surface area (Å²) in [5.41, 5.74) is 0.634. The van der Waals surface area contributed by atoms with Crippen LogP contribution in [-0.4, -0.2) is 5.33 Å². The second kappa shape index (κ2) is 4.64. The molecule has 72 valence electrons. The third-order valence-electron chi connectivity index (χ3n) is 3.05. The molecule has 1 atom stereocenters. The fourth-order valence-corrected chi connectivity index (χ4v) is 2.79. The van der Waals surface area contributed by atoms with Crippen LogP contribution in [0.5, 0.6) is 0 Å². The van der Waals surface area contributed by atoms with E-state index in [1.54, 1.807) is 0 Å². The van der Waals surface area contributed by atoms with E-state index in [2.05, 4.69) is 29.8 Å². The van der Waals surface area contributed by atoms with Gasteiger partial charge in [-0.1, -0.05) is 42.6 Å². The Morgan fingerprint density at radius 2 is 2.17 bits per heavy atom. The van der Waals surface area contributed by atoms with E-state index in [-0.39, 0.29) is 0 Å². The largest absolute Gasteiger partial charge is 0.0928 e. The predicted octanol–water partition coefficient (Wildman–Crippen LogP) is 4.38. The fourth-order valence-electron chi connectivity index (χ4n) is 2.47. The van der Waals surface area contributed by atoms with Crippen LogP contribution in [-0.2, 0) is 0 Å². The van der Waals surface area contributed by atoms with Crippen molar-refractivity contribution in [2.24, 2.45) is 11.3 Å². The van der Waals surface area contributed by atoms with Crippen LogP contribution in [0.3, 0.4) is 0 Å². The van der Waals surface area contributed by atoms with Crippen LogP contribution in [0.15, 0.2) is 0 Å². The number of halogens is 1. The molecule has 1 aliphatic rings. The highest BCUT2D eigenvalue weighted by molar-refractivity contribution is 9.09. The van der Waals surface area contributed by atoms with Crippen LogP contribution >= 0.6 is 15.9 Å². The second-order valence-electron chi connectivity index (χ2n) is 4.96. The molecule has 1 fully saturated rings. The van der Waals surface area contributed by atoms with E-state index in [4.69, 9.17) is 0 Å². The second-order valence-corrected chi connectivity index (χ2v) is 5.75. The highest BCUT2D eigenvalue weighted by Gasteiger charge is 2.27. The Kier molecular flexibility index (Phi) is 4.09. The minimum Gasteiger partial charge on any atom is -0.0928 e. The van der Waals surface area contributed by atoms with E-state index in [0.717, 1.165) is 5.92 Å². The molecule has 0 aromatic carbocycles. The SMILES string of the molecule is CC1(C)CCCC(CCCBr)C1. The topological polar surface area (TPSA) is 0 Å². The van der Waals surface area contributed by atoms with Gasteiger partial charge in [0.25, 0.3) is 0 Å². The Hall–Kier alpha value is 0.480. The molecule has 0 aliphatic heterocycles. The number of hydrogen-bond donors (Lipinski definition) is 0. The van der Waals surface area contributed by atoms with Crippen molar-refractivity contribution in [2.45, 2.75) is 52.4 Å². The molecular weight excluding hydrogens is 212 g/mol. The third kappa shape index (κ3) is 3.47. The van der Waals surface area contributed by atoms with Crippen molar-refractivity contribution >= 4 is 15.9 Å². The lowest BCUT2D eigenvalue weighted by Crippen LogP contribution is -2.22. The van der Waals surface area contributed by atoms with E-state index < -0.39 is 0 Å². The zero-order chi connectivity index (χ0) is 9.03. The Balaban J connectivity index is 2.26. The van der Waals surface area contributed by atoms with Gasteiger partial charge in [-0.25, -0.2) is 0 Å². The van der Waals surface area contributed by atoms with Crippen LogP contribution in [0.1, 0.15) is 52.4 Å². The van der Waals surface area contributed by atoms with Gasteiger partial charge >= 0.3 is 0 Å². The number of rotatable bonds is 3. The van der Waals surface area contributed by atoms with Crippen LogP contribution < -0.4 is 0 Å². The normalized spacial score (nSPS) is 28.8. The smallest absolute Gasteiger partial charge is 0.00314 e. The summed E-state index contributed by atoms with van der Waals surface area (Å²) in [4.78, 5) is 0. The lowest BCUT2D eigenvalue weighted by Gasteiger charge is -2.35. The molecule has 1 saturated carbocycles. The van der Waals surface area contributed by atoms with E-state index >= 15 is 0 Å². The first kappa shape index (κ1) is 10.6. The van der Waals surface area contributed by atoms with Gasteiger partial charge in [0.1, 0.15) is 0 Å². The number of hydrogen-bond acceptors (Lipinski definition) is 0. The molecule has 0 radical (unpaired) electrons. The first-order valence-corrected chi connectivity index (χ1v) is 6.32. The minimum atomic E-state index is 0.634. The van der Waals surface area contributed by atoms with Crippen molar-refractivity contribution in [1.82, 2.24) is 0 Å². The predicted molar refractivity (Wildman–Crippen MR) is 58.8 cm³/mol. The average Bonchev–Trinajstić information content (AvgIpc) is 1.99. The van der Waals surface area contributed by atoms with Crippen LogP contribution in [0, 0.1) is 11.3 Å². The molecule has 0 aromatic rings. The molecule has 0 nitrogen and oxygen atoms in total. The van der Waals surface area contributed by atoms with Crippen molar-refractivity contribution in [3.63, 3.8) is 0 Å². The Morgan fingerprint density at radius 1 is 1.42 bits per heavy atom. The molecule has 0 spiro atoms. The standard InChI is InChI=1S/C11H21Br/c1-11(2)7-3-5-10(9-11)6-4-8-12/h10H,3-9H2,1-2H3. The highest BCUT2D eigenvalue weighted by Crippen LogP contribution is 2.40. The minimum absolute atomic E-state index is 0.634. The van der Waals surface area contributed by atoms with Crippen molar-refractivity contribution in [2.75, 3.05) is 5.33 Å². The van der Waals surface area contributed by atoms with Crippen molar-refractivity contribution < 1.29 is 0 Å². The van der Waals surface area contributed by atoms with E-state index in [1.165, 1.54) is 43.9 Å². The van der Waals surface area contributed by atoms with Gasteiger partial charge in [0.05, 0.1) is 0 Å². The Bertz CT molecular complexity index is 129. The summed E-state index contributed by atoms with van der Waals surface area (Å²) in [7, 11) is 0. The monoisotopic (exact) mass is 232 g/mol. The maximum absolute atomic E-state index is 3.50. The number of alkyl halides is 1. The summed E-state index contributed by atoms with van der Waals surface area (Å²) < 4.78 is 0. The first-order chi connectivity index (χ1) is 5.64. The van der Waals surface area contributed by atoms with Gasteiger partial charge < -0.3 is 0 Å². The summed E-state index contributed by atoms with van der Waals surface area (Å²) in [6.07, 6.45) is 8.64. The van der Waals surface area contributed by atoms with E-state index in [0.29, 0.717) is 5.41 Å². The molecule has 0 amide bonds. The molecule has 12 heavy (non-hydrogen) atoms. The third-order valence-corrected chi connectivity index (χ3v) is 3.61. The van der Waals surface area contributed by atoms with Crippen LogP contribution in [0.2, 0.25) is 0 Å². The molecule has 1 aliphatic carbocycles. The van der Waals surface area contributed by atoms with E-state index in [1.807, 2.05) is 0 Å². The quantitative estimate of drug-likeness (QED) is 0.634. The van der Waals surface area contributed by atoms with Gasteiger partial charge in [0, 0.05) is 5.33 Å². The highest BCUT2D eigenvalue weighted by atomic mass is 79.9. The molecule has 0 heterocycles. The van der Waals surface area contributed by atoms with Gasteiger partial charge in [0.2, 0.25) is 0 Å². The molecule has 0 N–H and O–H groups in total. The van der Waals surface area contributed by atoms with Gasteiger partial charge in [-0.05, 0) is 37.0 Å². The van der Waals surface area contributed by atoms with Crippen LogP contribution in [0.25, 0.3) is 0 Å². The van der Waals surface area contributed by atoms with Crippen molar-refractivity contribution in [3.8, 4) is 0 Å². The lowest BCUT2D eigenvalue weighted by atomic mass is 9.71. The summed E-state index contributed by atoms with van der Waals surface area (Å²) in [5, 5.41) is 1.18. The Labute approximate surface area is 85.3 Å². The lowest BCUT2D eigenvalue weighted by molar-refractivity contribution is 0.173. The Morgan fingerprint density at radius 3 is 2.75 bits per heavy atom. The van der Waals surface area contributed by atoms with Crippen molar-refractivity contribution in [1.29, 1.82) is 0 Å². The van der Waals surface area contributed by atoms with Gasteiger partial charge in [-0.15, -0.1) is 0 Å². The zero-order valence-corrected chi connectivity index (χ0v) is 9.99. The molecule has 0 saturated heterocycles. The molecule has 1 heteroatoms. The summed E-state index contributed by atoms with van der Waals surface area (Å²) >= 11 is 3.50. The first-order valence-electron chi connectivity index (χ1n) is 5.20. The van der Waals surface area contributed by atoms with Crippen LogP contribution in [0.4, 0.5) is 0 Å². The van der Waals surface area contributed by atoms with Gasteiger partial charge in [-0.3, -0.25) is 0 Å².